The lowest BCUT2D eigenvalue weighted by molar-refractivity contribution is -0.115. The number of benzene rings is 2. The molecule has 6 nitrogen and oxygen atoms in total. The third-order valence-corrected chi connectivity index (χ3v) is 7.31. The summed E-state index contributed by atoms with van der Waals surface area (Å²) >= 11 is 3.41. The van der Waals surface area contributed by atoms with Gasteiger partial charge < -0.3 is 10.6 Å². The maximum atomic E-state index is 12.6. The van der Waals surface area contributed by atoms with Gasteiger partial charge in [-0.3, -0.25) is 4.79 Å². The number of carbonyl (C=O) groups excluding carboxylic acids is 1. The SMILES string of the molecule is CCN(CC)S(=O)(=O)c1ccc(C(C)NCC(=O)Nc2ccc(Br)cc2C)cc1. The zero-order valence-electron chi connectivity index (χ0n) is 17.2. The number of halogens is 1. The number of carbonyl (C=O) groups is 1. The topological polar surface area (TPSA) is 78.5 Å². The van der Waals surface area contributed by atoms with Crippen molar-refractivity contribution in [1.29, 1.82) is 0 Å². The van der Waals surface area contributed by atoms with E-state index in [4.69, 9.17) is 0 Å². The van der Waals surface area contributed by atoms with Crippen molar-refractivity contribution in [3.8, 4) is 0 Å². The molecule has 2 N–H and O–H groups in total. The fraction of sp³-hybridized carbons (Fsp3) is 0.381. The number of nitrogens with one attached hydrogen (secondary N) is 2. The highest BCUT2D eigenvalue weighted by atomic mass is 79.9. The Bertz CT molecular complexity index is 942. The lowest BCUT2D eigenvalue weighted by Crippen LogP contribution is -2.31. The summed E-state index contributed by atoms with van der Waals surface area (Å²) in [7, 11) is -3.47. The number of aryl methyl sites for hydroxylation is 1. The van der Waals surface area contributed by atoms with E-state index in [1.54, 1.807) is 24.3 Å². The predicted octanol–water partition coefficient (Wildman–Crippen LogP) is 4.08. The number of rotatable bonds is 9. The summed E-state index contributed by atoms with van der Waals surface area (Å²) in [5, 5.41) is 6.06. The highest BCUT2D eigenvalue weighted by Crippen LogP contribution is 2.21. The van der Waals surface area contributed by atoms with Gasteiger partial charge >= 0.3 is 0 Å². The second kappa shape index (κ2) is 10.3. The molecule has 0 aliphatic heterocycles. The number of hydrogen-bond acceptors (Lipinski definition) is 4. The van der Waals surface area contributed by atoms with Crippen LogP contribution in [0.2, 0.25) is 0 Å². The summed E-state index contributed by atoms with van der Waals surface area (Å²) in [5.41, 5.74) is 2.67. The summed E-state index contributed by atoms with van der Waals surface area (Å²) in [4.78, 5) is 12.5. The van der Waals surface area contributed by atoms with Crippen molar-refractivity contribution in [3.05, 3.63) is 58.1 Å². The molecule has 0 heterocycles. The number of hydrogen-bond donors (Lipinski definition) is 2. The minimum absolute atomic E-state index is 0.100. The van der Waals surface area contributed by atoms with Crippen LogP contribution in [-0.2, 0) is 14.8 Å². The standard InChI is InChI=1S/C21H28BrN3O3S/c1-5-25(6-2)29(27,28)19-10-7-17(8-11-19)16(4)23-14-21(26)24-20-12-9-18(22)13-15(20)3/h7-13,16,23H,5-6,14H2,1-4H3,(H,24,26). The molecule has 0 spiro atoms. The van der Waals surface area contributed by atoms with Crippen LogP contribution in [0, 0.1) is 6.92 Å². The van der Waals surface area contributed by atoms with Gasteiger partial charge in [0.25, 0.3) is 0 Å². The summed E-state index contributed by atoms with van der Waals surface area (Å²) in [6, 6.07) is 12.4. The highest BCUT2D eigenvalue weighted by molar-refractivity contribution is 9.10. The van der Waals surface area contributed by atoms with Crippen molar-refractivity contribution in [2.75, 3.05) is 25.0 Å². The summed E-state index contributed by atoms with van der Waals surface area (Å²) in [6.07, 6.45) is 0. The molecule has 2 aromatic carbocycles. The maximum Gasteiger partial charge on any atom is 0.243 e. The van der Waals surface area contributed by atoms with Crippen LogP contribution in [0.15, 0.2) is 51.8 Å². The van der Waals surface area contributed by atoms with Gasteiger partial charge in [-0.2, -0.15) is 4.31 Å². The molecular weight excluding hydrogens is 454 g/mol. The summed E-state index contributed by atoms with van der Waals surface area (Å²) in [6.45, 7) is 8.54. The molecule has 0 saturated carbocycles. The minimum Gasteiger partial charge on any atom is -0.325 e. The van der Waals surface area contributed by atoms with E-state index in [0.717, 1.165) is 21.3 Å². The Labute approximate surface area is 181 Å². The molecule has 0 radical (unpaired) electrons. The molecule has 0 aliphatic carbocycles. The Morgan fingerprint density at radius 3 is 2.28 bits per heavy atom. The van der Waals surface area contributed by atoms with Gasteiger partial charge in [-0.05, 0) is 55.3 Å². The van der Waals surface area contributed by atoms with Crippen molar-refractivity contribution < 1.29 is 13.2 Å². The summed E-state index contributed by atoms with van der Waals surface area (Å²) < 4.78 is 27.5. The van der Waals surface area contributed by atoms with Crippen LogP contribution >= 0.6 is 15.9 Å². The first kappa shape index (κ1) is 23.5. The van der Waals surface area contributed by atoms with Crippen molar-refractivity contribution in [2.45, 2.75) is 38.6 Å². The van der Waals surface area contributed by atoms with Crippen LogP contribution in [0.4, 0.5) is 5.69 Å². The van der Waals surface area contributed by atoms with Gasteiger partial charge in [0.15, 0.2) is 0 Å². The largest absolute Gasteiger partial charge is 0.325 e. The van der Waals surface area contributed by atoms with Crippen LogP contribution < -0.4 is 10.6 Å². The molecule has 1 unspecified atom stereocenters. The molecule has 2 aromatic rings. The fourth-order valence-electron chi connectivity index (χ4n) is 2.97. The van der Waals surface area contributed by atoms with Crippen molar-refractivity contribution in [1.82, 2.24) is 9.62 Å². The van der Waals surface area contributed by atoms with E-state index in [-0.39, 0.29) is 23.4 Å². The van der Waals surface area contributed by atoms with Crippen molar-refractivity contribution >= 4 is 37.5 Å². The number of sulfonamides is 1. The quantitative estimate of drug-likeness (QED) is 0.565. The Morgan fingerprint density at radius 2 is 1.72 bits per heavy atom. The van der Waals surface area contributed by atoms with Crippen LogP contribution in [0.5, 0.6) is 0 Å². The average molecular weight is 482 g/mol. The van der Waals surface area contributed by atoms with Crippen molar-refractivity contribution in [3.63, 3.8) is 0 Å². The van der Waals surface area contributed by atoms with E-state index in [2.05, 4.69) is 26.6 Å². The van der Waals surface area contributed by atoms with Crippen LogP contribution in [0.25, 0.3) is 0 Å². The van der Waals surface area contributed by atoms with Crippen LogP contribution in [-0.4, -0.2) is 38.3 Å². The van der Waals surface area contributed by atoms with Gasteiger partial charge in [-0.1, -0.05) is 41.9 Å². The zero-order chi connectivity index (χ0) is 21.6. The number of amides is 1. The Morgan fingerprint density at radius 1 is 1.10 bits per heavy atom. The monoisotopic (exact) mass is 481 g/mol. The van der Waals surface area contributed by atoms with E-state index in [1.807, 2.05) is 45.9 Å². The molecule has 1 amide bonds. The molecule has 8 heteroatoms. The van der Waals surface area contributed by atoms with E-state index >= 15 is 0 Å². The molecule has 0 bridgehead atoms. The number of nitrogens with zero attached hydrogens (tertiary/aromatic N) is 1. The molecule has 0 fully saturated rings. The first-order valence-electron chi connectivity index (χ1n) is 9.58. The van der Waals surface area contributed by atoms with E-state index < -0.39 is 10.0 Å². The predicted molar refractivity (Wildman–Crippen MR) is 120 cm³/mol. The first-order valence-corrected chi connectivity index (χ1v) is 11.8. The van der Waals surface area contributed by atoms with E-state index in [1.165, 1.54) is 4.31 Å². The second-order valence-corrected chi connectivity index (χ2v) is 9.62. The second-order valence-electron chi connectivity index (χ2n) is 6.77. The zero-order valence-corrected chi connectivity index (χ0v) is 19.6. The van der Waals surface area contributed by atoms with E-state index in [0.29, 0.717) is 13.1 Å². The summed E-state index contributed by atoms with van der Waals surface area (Å²) in [5.74, 6) is -0.136. The normalized spacial score (nSPS) is 12.8. The lowest BCUT2D eigenvalue weighted by Gasteiger charge is -2.19. The van der Waals surface area contributed by atoms with Gasteiger partial charge in [0, 0.05) is 29.3 Å². The average Bonchev–Trinajstić information content (AvgIpc) is 2.69. The molecular formula is C21H28BrN3O3S. The molecule has 158 valence electrons. The van der Waals surface area contributed by atoms with E-state index in [9.17, 15) is 13.2 Å². The molecule has 0 aliphatic rings. The van der Waals surface area contributed by atoms with Crippen LogP contribution in [0.1, 0.15) is 37.9 Å². The minimum atomic E-state index is -3.47. The Kier molecular flexibility index (Phi) is 8.39. The molecule has 0 saturated heterocycles. The third kappa shape index (κ3) is 6.12. The first-order chi connectivity index (χ1) is 13.7. The maximum absolute atomic E-state index is 12.6. The highest BCUT2D eigenvalue weighted by Gasteiger charge is 2.21. The Hall–Kier alpha value is -1.74. The Balaban J connectivity index is 1.97. The van der Waals surface area contributed by atoms with Crippen LogP contribution in [0.3, 0.4) is 0 Å². The molecule has 2 rings (SSSR count). The molecule has 29 heavy (non-hydrogen) atoms. The number of anilines is 1. The van der Waals surface area contributed by atoms with Gasteiger partial charge in [0.05, 0.1) is 11.4 Å². The van der Waals surface area contributed by atoms with Gasteiger partial charge in [0.1, 0.15) is 0 Å². The van der Waals surface area contributed by atoms with Crippen molar-refractivity contribution in [2.24, 2.45) is 0 Å². The lowest BCUT2D eigenvalue weighted by atomic mass is 10.1. The third-order valence-electron chi connectivity index (χ3n) is 4.75. The molecule has 1 atom stereocenters. The van der Waals surface area contributed by atoms with Gasteiger partial charge in [-0.25, -0.2) is 8.42 Å². The smallest absolute Gasteiger partial charge is 0.243 e. The molecule has 0 aromatic heterocycles. The van der Waals surface area contributed by atoms with Gasteiger partial charge in [0.2, 0.25) is 15.9 Å². The fourth-order valence-corrected chi connectivity index (χ4v) is 4.90. The van der Waals surface area contributed by atoms with Gasteiger partial charge in [-0.15, -0.1) is 0 Å².